The smallest absolute Gasteiger partial charge is 0.363 e. The zero-order valence-electron chi connectivity index (χ0n) is 19.7. The number of rotatable bonds is 8. The topological polar surface area (TPSA) is 57.1 Å². The monoisotopic (exact) mass is 541 g/mol. The van der Waals surface area contributed by atoms with E-state index in [0.717, 1.165) is 32.8 Å². The molecule has 0 N–H and O–H groups in total. The Bertz CT molecular complexity index is 1480. The van der Waals surface area contributed by atoms with Crippen LogP contribution in [-0.4, -0.2) is 25.1 Å². The average Bonchev–Trinajstić information content (AvgIpc) is 3.26. The molecule has 4 aromatic rings. The van der Waals surface area contributed by atoms with Crippen LogP contribution in [0.4, 0.5) is 0 Å². The predicted octanol–water partition coefficient (Wildman–Crippen LogP) is 6.97. The Kier molecular flexibility index (Phi) is 7.14. The summed E-state index contributed by atoms with van der Waals surface area (Å²) in [4.78, 5) is 17.1. The van der Waals surface area contributed by atoms with Gasteiger partial charge in [0.15, 0.2) is 17.2 Å². The van der Waals surface area contributed by atoms with Crippen molar-refractivity contribution in [1.29, 1.82) is 0 Å². The molecular formula is C30H24BrNO4. The fraction of sp³-hybridized carbons (Fsp3) is 0.133. The van der Waals surface area contributed by atoms with E-state index >= 15 is 0 Å². The van der Waals surface area contributed by atoms with Crippen molar-refractivity contribution in [1.82, 2.24) is 0 Å². The summed E-state index contributed by atoms with van der Waals surface area (Å²) in [6.45, 7) is 2.91. The van der Waals surface area contributed by atoms with Crippen molar-refractivity contribution < 1.29 is 19.0 Å². The van der Waals surface area contributed by atoms with Crippen LogP contribution in [0.15, 0.2) is 100 Å². The van der Waals surface area contributed by atoms with Crippen LogP contribution < -0.4 is 9.47 Å². The lowest BCUT2D eigenvalue weighted by molar-refractivity contribution is -0.129. The molecule has 1 aliphatic rings. The molecule has 0 aromatic heterocycles. The van der Waals surface area contributed by atoms with Crippen molar-refractivity contribution in [2.75, 3.05) is 13.2 Å². The third-order valence-electron chi connectivity index (χ3n) is 5.73. The van der Waals surface area contributed by atoms with Crippen molar-refractivity contribution in [3.8, 4) is 11.5 Å². The van der Waals surface area contributed by atoms with Crippen LogP contribution in [0.1, 0.15) is 23.6 Å². The molecule has 0 atom stereocenters. The standard InChI is InChI=1S/C30H24BrNO4/c1-2-34-27-18-21(16-25(31)28(27)35-15-14-20-8-4-3-5-9-20)17-26-30(33)36-29(32-26)24-13-12-22-10-6-7-11-23(22)19-24/h3-13,16-19H,2,14-15H2,1H3/b26-17-. The number of ether oxygens (including phenoxy) is 3. The van der Waals surface area contributed by atoms with Gasteiger partial charge >= 0.3 is 5.97 Å². The average molecular weight is 542 g/mol. The highest BCUT2D eigenvalue weighted by molar-refractivity contribution is 9.10. The summed E-state index contributed by atoms with van der Waals surface area (Å²) in [7, 11) is 0. The minimum absolute atomic E-state index is 0.227. The number of carbonyl (C=O) groups excluding carboxylic acids is 1. The zero-order chi connectivity index (χ0) is 24.9. The van der Waals surface area contributed by atoms with Gasteiger partial charge in [-0.15, -0.1) is 0 Å². The first-order valence-electron chi connectivity index (χ1n) is 11.8. The summed E-state index contributed by atoms with van der Waals surface area (Å²) in [6, 6.07) is 27.8. The summed E-state index contributed by atoms with van der Waals surface area (Å²) in [5, 5.41) is 2.17. The fourth-order valence-electron chi connectivity index (χ4n) is 4.00. The second-order valence-corrected chi connectivity index (χ2v) is 9.10. The maximum atomic E-state index is 12.6. The van der Waals surface area contributed by atoms with Crippen LogP contribution in [-0.2, 0) is 16.0 Å². The number of benzene rings is 4. The Balaban J connectivity index is 1.39. The van der Waals surface area contributed by atoms with Crippen LogP contribution >= 0.6 is 15.9 Å². The van der Waals surface area contributed by atoms with Crippen LogP contribution in [0, 0.1) is 0 Å². The SMILES string of the molecule is CCOc1cc(/C=C2\N=C(c3ccc4ccccc4c3)OC2=O)cc(Br)c1OCCc1ccccc1. The van der Waals surface area contributed by atoms with Gasteiger partial charge in [0, 0.05) is 12.0 Å². The third kappa shape index (κ3) is 5.34. The van der Waals surface area contributed by atoms with E-state index in [0.29, 0.717) is 30.6 Å². The van der Waals surface area contributed by atoms with Gasteiger partial charge in [0.05, 0.1) is 17.7 Å². The summed E-state index contributed by atoms with van der Waals surface area (Å²) in [5.41, 5.74) is 2.93. The molecule has 36 heavy (non-hydrogen) atoms. The van der Waals surface area contributed by atoms with Crippen molar-refractivity contribution >= 4 is 44.6 Å². The summed E-state index contributed by atoms with van der Waals surface area (Å²) in [6.07, 6.45) is 2.47. The van der Waals surface area contributed by atoms with Crippen molar-refractivity contribution in [3.05, 3.63) is 112 Å². The lowest BCUT2D eigenvalue weighted by Gasteiger charge is -2.15. The summed E-state index contributed by atoms with van der Waals surface area (Å²) >= 11 is 3.60. The number of cyclic esters (lactones) is 1. The molecule has 0 saturated carbocycles. The third-order valence-corrected chi connectivity index (χ3v) is 6.32. The van der Waals surface area contributed by atoms with E-state index in [9.17, 15) is 4.79 Å². The van der Waals surface area contributed by atoms with Gasteiger partial charge in [-0.2, -0.15) is 0 Å². The van der Waals surface area contributed by atoms with Crippen LogP contribution in [0.5, 0.6) is 11.5 Å². The van der Waals surface area contributed by atoms with E-state index in [1.165, 1.54) is 5.56 Å². The first-order chi connectivity index (χ1) is 17.6. The molecule has 0 fully saturated rings. The van der Waals surface area contributed by atoms with Crippen molar-refractivity contribution in [2.45, 2.75) is 13.3 Å². The van der Waals surface area contributed by atoms with Crippen LogP contribution in [0.2, 0.25) is 0 Å². The Morgan fingerprint density at radius 3 is 2.50 bits per heavy atom. The molecule has 0 amide bonds. The number of halogens is 1. The van der Waals surface area contributed by atoms with E-state index < -0.39 is 5.97 Å². The van der Waals surface area contributed by atoms with Gasteiger partial charge in [-0.1, -0.05) is 60.7 Å². The van der Waals surface area contributed by atoms with Gasteiger partial charge < -0.3 is 14.2 Å². The fourth-order valence-corrected chi connectivity index (χ4v) is 4.58. The van der Waals surface area contributed by atoms with E-state index in [4.69, 9.17) is 14.2 Å². The van der Waals surface area contributed by atoms with Crippen molar-refractivity contribution in [3.63, 3.8) is 0 Å². The lowest BCUT2D eigenvalue weighted by Crippen LogP contribution is -2.05. The van der Waals surface area contributed by atoms with Gasteiger partial charge in [-0.05, 0) is 75.1 Å². The molecule has 5 rings (SSSR count). The van der Waals surface area contributed by atoms with Gasteiger partial charge in [0.1, 0.15) is 0 Å². The highest BCUT2D eigenvalue weighted by atomic mass is 79.9. The first kappa shape index (κ1) is 23.8. The minimum atomic E-state index is -0.490. The van der Waals surface area contributed by atoms with Gasteiger partial charge in [-0.3, -0.25) is 0 Å². The number of hydrogen-bond acceptors (Lipinski definition) is 5. The van der Waals surface area contributed by atoms with Crippen LogP contribution in [0.25, 0.3) is 16.8 Å². The number of fused-ring (bicyclic) bond motifs is 1. The molecule has 180 valence electrons. The highest BCUT2D eigenvalue weighted by Crippen LogP contribution is 2.38. The number of hydrogen-bond donors (Lipinski definition) is 0. The molecule has 0 saturated heterocycles. The lowest BCUT2D eigenvalue weighted by atomic mass is 10.1. The van der Waals surface area contributed by atoms with Gasteiger partial charge in [0.2, 0.25) is 5.90 Å². The van der Waals surface area contributed by atoms with Crippen LogP contribution in [0.3, 0.4) is 0 Å². The Hall–Kier alpha value is -3.90. The predicted molar refractivity (Wildman–Crippen MR) is 146 cm³/mol. The summed E-state index contributed by atoms with van der Waals surface area (Å²) in [5.74, 6) is 1.03. The number of esters is 1. The molecule has 0 spiro atoms. The molecule has 0 unspecified atom stereocenters. The quantitative estimate of drug-likeness (QED) is 0.178. The second kappa shape index (κ2) is 10.8. The molecule has 4 aromatic carbocycles. The Morgan fingerprint density at radius 2 is 1.69 bits per heavy atom. The normalized spacial score (nSPS) is 14.1. The molecular weight excluding hydrogens is 518 g/mol. The largest absolute Gasteiger partial charge is 0.490 e. The molecule has 0 bridgehead atoms. The maximum Gasteiger partial charge on any atom is 0.363 e. The molecule has 0 radical (unpaired) electrons. The Labute approximate surface area is 218 Å². The maximum absolute atomic E-state index is 12.6. The highest BCUT2D eigenvalue weighted by Gasteiger charge is 2.25. The van der Waals surface area contributed by atoms with Gasteiger partial charge in [-0.25, -0.2) is 9.79 Å². The molecule has 1 heterocycles. The minimum Gasteiger partial charge on any atom is -0.490 e. The van der Waals surface area contributed by atoms with E-state index in [-0.39, 0.29) is 5.70 Å². The number of aliphatic imine (C=N–C) groups is 1. The number of nitrogens with zero attached hydrogens (tertiary/aromatic N) is 1. The van der Waals surface area contributed by atoms with E-state index in [2.05, 4.69) is 33.1 Å². The molecule has 1 aliphatic heterocycles. The number of carbonyl (C=O) groups is 1. The first-order valence-corrected chi connectivity index (χ1v) is 12.5. The summed E-state index contributed by atoms with van der Waals surface area (Å²) < 4.78 is 18.1. The molecule has 6 heteroatoms. The van der Waals surface area contributed by atoms with Crippen molar-refractivity contribution in [2.24, 2.45) is 4.99 Å². The van der Waals surface area contributed by atoms with Gasteiger partial charge in [0.25, 0.3) is 0 Å². The van der Waals surface area contributed by atoms with E-state index in [1.54, 1.807) is 6.08 Å². The van der Waals surface area contributed by atoms with E-state index in [1.807, 2.05) is 79.7 Å². The molecule has 5 nitrogen and oxygen atoms in total. The Morgan fingerprint density at radius 1 is 0.917 bits per heavy atom. The zero-order valence-corrected chi connectivity index (χ0v) is 21.3. The molecule has 0 aliphatic carbocycles. The second-order valence-electron chi connectivity index (χ2n) is 8.25.